The summed E-state index contributed by atoms with van der Waals surface area (Å²) in [5.74, 6) is -2.40. The minimum atomic E-state index is -3.73. The Hall–Kier alpha value is -3.12. The largest absolute Gasteiger partial charge is 0.472 e. The number of hydrogen-bond donors (Lipinski definition) is 1. The molecule has 2 rings (SSSR count). The fourth-order valence-electron chi connectivity index (χ4n) is 2.23. The number of carbonyl (C=O) groups excluding carboxylic acids is 2. The third kappa shape index (κ3) is 5.19. The van der Waals surface area contributed by atoms with E-state index in [1.165, 1.54) is 25.6 Å². The normalized spacial score (nSPS) is 12.0. The van der Waals surface area contributed by atoms with Gasteiger partial charge in [-0.25, -0.2) is 8.42 Å². The maximum Gasteiger partial charge on any atom is 0.258 e. The fourth-order valence-corrected chi connectivity index (χ4v) is 3.79. The van der Waals surface area contributed by atoms with Crippen molar-refractivity contribution in [3.8, 4) is 6.19 Å². The van der Waals surface area contributed by atoms with Crippen LogP contribution in [0.1, 0.15) is 15.9 Å². The van der Waals surface area contributed by atoms with Crippen molar-refractivity contribution in [2.24, 2.45) is 0 Å². The maximum atomic E-state index is 12.5. The number of nitriles is 1. The molecule has 0 bridgehead atoms. The number of sulfone groups is 1. The van der Waals surface area contributed by atoms with Crippen molar-refractivity contribution < 1.29 is 22.4 Å². The molecule has 1 aromatic heterocycles. The van der Waals surface area contributed by atoms with E-state index in [1.54, 1.807) is 36.5 Å². The van der Waals surface area contributed by atoms with Gasteiger partial charge in [0.2, 0.25) is 0 Å². The summed E-state index contributed by atoms with van der Waals surface area (Å²) in [5, 5.41) is 11.2. The zero-order valence-electron chi connectivity index (χ0n) is 14.0. The van der Waals surface area contributed by atoms with Crippen LogP contribution in [0.5, 0.6) is 0 Å². The number of furan rings is 1. The van der Waals surface area contributed by atoms with Crippen LogP contribution < -0.4 is 5.32 Å². The zero-order chi connectivity index (χ0) is 19.2. The Morgan fingerprint density at radius 3 is 2.54 bits per heavy atom. The average Bonchev–Trinajstić information content (AvgIpc) is 3.14. The molecular weight excluding hydrogens is 358 g/mol. The Morgan fingerprint density at radius 2 is 1.96 bits per heavy atom. The summed E-state index contributed by atoms with van der Waals surface area (Å²) < 4.78 is 29.7. The van der Waals surface area contributed by atoms with Crippen molar-refractivity contribution in [1.29, 1.82) is 5.26 Å². The molecule has 2 amide bonds. The van der Waals surface area contributed by atoms with E-state index in [0.717, 1.165) is 0 Å². The first kappa shape index (κ1) is 19.2. The molecule has 0 saturated carbocycles. The molecule has 8 nitrogen and oxygen atoms in total. The summed E-state index contributed by atoms with van der Waals surface area (Å²) >= 11 is 0. The van der Waals surface area contributed by atoms with Crippen molar-refractivity contribution in [1.82, 2.24) is 10.2 Å². The monoisotopic (exact) mass is 375 g/mol. The molecule has 0 fully saturated rings. The first-order valence-corrected chi connectivity index (χ1v) is 9.39. The Labute approximate surface area is 150 Å². The van der Waals surface area contributed by atoms with Gasteiger partial charge >= 0.3 is 0 Å². The number of nitrogens with zero attached hydrogens (tertiary/aromatic N) is 2. The predicted octanol–water partition coefficient (Wildman–Crippen LogP) is 0.932. The SMILES string of the molecule is CN(C#N)C(=O)[C@H](CS(=O)(=O)Cc1ccccc1)NC(=O)c1ccoc1. The van der Waals surface area contributed by atoms with Gasteiger partial charge in [0.05, 0.1) is 23.3 Å². The molecule has 0 aliphatic rings. The Kier molecular flexibility index (Phi) is 6.14. The summed E-state index contributed by atoms with van der Waals surface area (Å²) in [7, 11) is -2.53. The average molecular weight is 375 g/mol. The summed E-state index contributed by atoms with van der Waals surface area (Å²) in [6, 6.07) is 8.46. The Bertz CT molecular complexity index is 902. The number of rotatable bonds is 7. The van der Waals surface area contributed by atoms with E-state index < -0.39 is 33.4 Å². The highest BCUT2D eigenvalue weighted by Gasteiger charge is 2.30. The number of benzene rings is 1. The highest BCUT2D eigenvalue weighted by atomic mass is 32.2. The Balaban J connectivity index is 2.19. The first-order chi connectivity index (χ1) is 12.3. The van der Waals surface area contributed by atoms with Gasteiger partial charge in [0.1, 0.15) is 12.3 Å². The molecular formula is C17H17N3O5S. The molecule has 1 N–H and O–H groups in total. The van der Waals surface area contributed by atoms with Crippen LogP contribution in [0, 0.1) is 11.5 Å². The lowest BCUT2D eigenvalue weighted by Crippen LogP contribution is -2.49. The molecule has 0 saturated heterocycles. The molecule has 9 heteroatoms. The van der Waals surface area contributed by atoms with Gasteiger partial charge in [0.25, 0.3) is 11.8 Å². The lowest BCUT2D eigenvalue weighted by atomic mass is 10.2. The highest BCUT2D eigenvalue weighted by Crippen LogP contribution is 2.09. The van der Waals surface area contributed by atoms with E-state index in [4.69, 9.17) is 9.68 Å². The van der Waals surface area contributed by atoms with Crippen molar-refractivity contribution in [3.63, 3.8) is 0 Å². The van der Waals surface area contributed by atoms with Crippen LogP contribution in [-0.4, -0.2) is 44.0 Å². The number of nitrogens with one attached hydrogen (secondary N) is 1. The first-order valence-electron chi connectivity index (χ1n) is 7.57. The van der Waals surface area contributed by atoms with E-state index in [1.807, 2.05) is 0 Å². The molecule has 1 heterocycles. The summed E-state index contributed by atoms with van der Waals surface area (Å²) in [6.07, 6.45) is 4.05. The highest BCUT2D eigenvalue weighted by molar-refractivity contribution is 7.90. The molecule has 1 atom stereocenters. The number of carbonyl (C=O) groups is 2. The molecule has 26 heavy (non-hydrogen) atoms. The lowest BCUT2D eigenvalue weighted by Gasteiger charge is -2.20. The minimum Gasteiger partial charge on any atom is -0.472 e. The molecule has 0 unspecified atom stereocenters. The van der Waals surface area contributed by atoms with E-state index in [9.17, 15) is 18.0 Å². The number of amides is 2. The van der Waals surface area contributed by atoms with Crippen molar-refractivity contribution in [2.45, 2.75) is 11.8 Å². The van der Waals surface area contributed by atoms with Crippen LogP contribution in [0.3, 0.4) is 0 Å². The summed E-state index contributed by atoms with van der Waals surface area (Å²) in [5.41, 5.74) is 0.705. The van der Waals surface area contributed by atoms with Gasteiger partial charge in [0.15, 0.2) is 16.0 Å². The summed E-state index contributed by atoms with van der Waals surface area (Å²) in [4.78, 5) is 25.1. The van der Waals surface area contributed by atoms with Gasteiger partial charge in [-0.2, -0.15) is 5.26 Å². The topological polar surface area (TPSA) is 120 Å². The third-order valence-corrected chi connectivity index (χ3v) is 5.13. The molecule has 0 aliphatic carbocycles. The van der Waals surface area contributed by atoms with Crippen LogP contribution >= 0.6 is 0 Å². The van der Waals surface area contributed by atoms with Crippen LogP contribution in [-0.2, 0) is 20.4 Å². The second-order valence-electron chi connectivity index (χ2n) is 5.58. The van der Waals surface area contributed by atoms with E-state index in [0.29, 0.717) is 10.5 Å². The lowest BCUT2D eigenvalue weighted by molar-refractivity contribution is -0.128. The van der Waals surface area contributed by atoms with Gasteiger partial charge < -0.3 is 9.73 Å². The number of likely N-dealkylation sites (N-methyl/N-ethyl adjacent to an activating group) is 1. The van der Waals surface area contributed by atoms with Crippen LogP contribution in [0.4, 0.5) is 0 Å². The Morgan fingerprint density at radius 1 is 1.27 bits per heavy atom. The molecule has 0 spiro atoms. The second kappa shape index (κ2) is 8.31. The minimum absolute atomic E-state index is 0.142. The smallest absolute Gasteiger partial charge is 0.258 e. The van der Waals surface area contributed by atoms with Crippen molar-refractivity contribution >= 4 is 21.7 Å². The fraction of sp³-hybridized carbons (Fsp3) is 0.235. The maximum absolute atomic E-state index is 12.5. The van der Waals surface area contributed by atoms with Crippen LogP contribution in [0.25, 0.3) is 0 Å². The molecule has 136 valence electrons. The summed E-state index contributed by atoms with van der Waals surface area (Å²) in [6.45, 7) is 0. The second-order valence-corrected chi connectivity index (χ2v) is 7.68. The van der Waals surface area contributed by atoms with Gasteiger partial charge in [0, 0.05) is 7.05 Å². The van der Waals surface area contributed by atoms with E-state index in [2.05, 4.69) is 5.32 Å². The molecule has 0 aliphatic heterocycles. The standard InChI is InChI=1S/C17H17N3O5S/c1-20(12-18)17(22)15(19-16(21)14-7-8-25-9-14)11-26(23,24)10-13-5-3-2-4-6-13/h2-9,15H,10-11H2,1H3,(H,19,21)/t15-/m0/s1. The van der Waals surface area contributed by atoms with Gasteiger partial charge in [-0.1, -0.05) is 30.3 Å². The molecule has 1 aromatic carbocycles. The van der Waals surface area contributed by atoms with E-state index >= 15 is 0 Å². The van der Waals surface area contributed by atoms with Crippen LogP contribution in [0.2, 0.25) is 0 Å². The quantitative estimate of drug-likeness (QED) is 0.568. The van der Waals surface area contributed by atoms with E-state index in [-0.39, 0.29) is 11.3 Å². The number of hydrogen-bond acceptors (Lipinski definition) is 6. The molecule has 2 aromatic rings. The van der Waals surface area contributed by atoms with Gasteiger partial charge in [-0.3, -0.25) is 14.5 Å². The van der Waals surface area contributed by atoms with Gasteiger partial charge in [-0.15, -0.1) is 0 Å². The predicted molar refractivity (Wildman–Crippen MR) is 92.3 cm³/mol. The van der Waals surface area contributed by atoms with Crippen molar-refractivity contribution in [2.75, 3.05) is 12.8 Å². The third-order valence-electron chi connectivity index (χ3n) is 3.52. The van der Waals surface area contributed by atoms with Crippen molar-refractivity contribution in [3.05, 3.63) is 60.1 Å². The zero-order valence-corrected chi connectivity index (χ0v) is 14.8. The van der Waals surface area contributed by atoms with Gasteiger partial charge in [-0.05, 0) is 11.6 Å². The molecule has 0 radical (unpaired) electrons. The van der Waals surface area contributed by atoms with Crippen LogP contribution in [0.15, 0.2) is 53.3 Å².